The Bertz CT molecular complexity index is 1360. The summed E-state index contributed by atoms with van der Waals surface area (Å²) in [4.78, 5) is 12.8. The number of nitrogens with one attached hydrogen (secondary N) is 2. The van der Waals surface area contributed by atoms with E-state index in [4.69, 9.17) is 4.98 Å². The normalized spacial score (nSPS) is 19.1. The molecule has 1 aliphatic rings. The van der Waals surface area contributed by atoms with Gasteiger partial charge in [-0.1, -0.05) is 12.1 Å². The molecule has 3 aromatic heterocycles. The summed E-state index contributed by atoms with van der Waals surface area (Å²) in [7, 11) is 0. The van der Waals surface area contributed by atoms with Gasteiger partial charge in [0.25, 0.3) is 0 Å². The molecule has 1 fully saturated rings. The Morgan fingerprint density at radius 1 is 1.11 bits per heavy atom. The Kier molecular flexibility index (Phi) is 6.67. The van der Waals surface area contributed by atoms with Gasteiger partial charge in [-0.3, -0.25) is 0 Å². The number of aromatic nitrogens is 3. The number of hydrogen-bond donors (Lipinski definition) is 3. The van der Waals surface area contributed by atoms with Crippen LogP contribution >= 0.6 is 11.9 Å². The van der Waals surface area contributed by atoms with Crippen molar-refractivity contribution >= 4 is 28.8 Å². The van der Waals surface area contributed by atoms with Crippen molar-refractivity contribution in [2.75, 3.05) is 18.4 Å². The molecule has 0 aliphatic carbocycles. The molecule has 0 spiro atoms. The van der Waals surface area contributed by atoms with Gasteiger partial charge >= 0.3 is 6.18 Å². The molecular formula is C26H26F3N5OS. The maximum Gasteiger partial charge on any atom is 0.417 e. The molecule has 1 saturated heterocycles. The molecule has 3 N–H and O–H groups in total. The lowest BCUT2D eigenvalue weighted by atomic mass is 9.97. The van der Waals surface area contributed by atoms with Gasteiger partial charge in [-0.05, 0) is 73.7 Å². The van der Waals surface area contributed by atoms with Gasteiger partial charge in [0.15, 0.2) is 0 Å². The Balaban J connectivity index is 1.20. The van der Waals surface area contributed by atoms with Crippen molar-refractivity contribution < 1.29 is 18.3 Å². The minimum atomic E-state index is -4.42. The van der Waals surface area contributed by atoms with Crippen molar-refractivity contribution in [1.82, 2.24) is 19.3 Å². The van der Waals surface area contributed by atoms with Gasteiger partial charge in [0.05, 0.1) is 17.7 Å². The number of aromatic amines is 1. The van der Waals surface area contributed by atoms with Crippen molar-refractivity contribution in [2.24, 2.45) is 0 Å². The monoisotopic (exact) mass is 513 g/mol. The molecule has 6 nitrogen and oxygen atoms in total. The third-order valence-corrected chi connectivity index (χ3v) is 7.56. The number of aliphatic hydroxyl groups excluding tert-OH is 1. The lowest BCUT2D eigenvalue weighted by Gasteiger charge is -2.35. The molecule has 0 amide bonds. The summed E-state index contributed by atoms with van der Waals surface area (Å²) in [5.41, 5.74) is 4.51. The standard InChI is InChI=1S/C26H26F3N5OS/c1-15-20-9-11-30-25(20)32-16(2)24(15)17-3-6-19(7-4-17)36-34-12-10-21(22(35)14-34)33-23-8-5-18(13-31-23)26(27,28)29/h3-9,11,13,21-22,35H,10,12,14H2,1-2H3,(H,30,32)(H,31,33). The number of rotatable bonds is 5. The first-order valence-electron chi connectivity index (χ1n) is 11.6. The fourth-order valence-electron chi connectivity index (χ4n) is 4.63. The van der Waals surface area contributed by atoms with Crippen LogP contribution in [0.25, 0.3) is 22.2 Å². The van der Waals surface area contributed by atoms with Gasteiger partial charge in [-0.2, -0.15) is 13.2 Å². The first-order valence-corrected chi connectivity index (χ1v) is 12.4. The second-order valence-electron chi connectivity index (χ2n) is 8.98. The zero-order valence-corrected chi connectivity index (χ0v) is 20.6. The second kappa shape index (κ2) is 9.76. The van der Waals surface area contributed by atoms with Gasteiger partial charge in [-0.15, -0.1) is 0 Å². The van der Waals surface area contributed by atoms with Gasteiger partial charge in [0.1, 0.15) is 11.5 Å². The van der Waals surface area contributed by atoms with Crippen LogP contribution in [0.5, 0.6) is 0 Å². The molecule has 10 heteroatoms. The number of piperidine rings is 1. The quantitative estimate of drug-likeness (QED) is 0.292. The van der Waals surface area contributed by atoms with Crippen LogP contribution < -0.4 is 5.32 Å². The van der Waals surface area contributed by atoms with E-state index in [1.54, 1.807) is 11.9 Å². The Hall–Kier alpha value is -3.08. The van der Waals surface area contributed by atoms with Crippen LogP contribution in [-0.2, 0) is 6.18 Å². The van der Waals surface area contributed by atoms with Crippen molar-refractivity contribution in [1.29, 1.82) is 0 Å². The Labute approximate surface area is 211 Å². The molecule has 0 radical (unpaired) electrons. The predicted octanol–water partition coefficient (Wildman–Crippen LogP) is 5.81. The topological polar surface area (TPSA) is 77.1 Å². The first-order chi connectivity index (χ1) is 17.2. The number of aliphatic hydroxyl groups is 1. The average Bonchev–Trinajstić information content (AvgIpc) is 3.30. The van der Waals surface area contributed by atoms with Crippen LogP contribution in [0.1, 0.15) is 23.2 Å². The van der Waals surface area contributed by atoms with Crippen molar-refractivity contribution in [3.05, 3.63) is 71.7 Å². The molecule has 4 aromatic rings. The first kappa shape index (κ1) is 24.6. The molecule has 4 heterocycles. The van der Waals surface area contributed by atoms with Gasteiger partial charge in [-0.25, -0.2) is 14.3 Å². The van der Waals surface area contributed by atoms with Crippen LogP contribution in [0.2, 0.25) is 0 Å². The van der Waals surface area contributed by atoms with E-state index in [1.165, 1.54) is 11.6 Å². The number of halogens is 3. The maximum absolute atomic E-state index is 12.7. The number of anilines is 1. The maximum atomic E-state index is 12.7. The molecule has 36 heavy (non-hydrogen) atoms. The molecule has 2 unspecified atom stereocenters. The van der Waals surface area contributed by atoms with Crippen LogP contribution in [0.3, 0.4) is 0 Å². The number of nitrogens with zero attached hydrogens (tertiary/aromatic N) is 3. The highest BCUT2D eigenvalue weighted by Gasteiger charge is 2.32. The van der Waals surface area contributed by atoms with Gasteiger partial charge in [0, 0.05) is 47.0 Å². The summed E-state index contributed by atoms with van der Waals surface area (Å²) < 4.78 is 40.3. The van der Waals surface area contributed by atoms with E-state index in [2.05, 4.69) is 50.8 Å². The van der Waals surface area contributed by atoms with E-state index in [-0.39, 0.29) is 6.04 Å². The van der Waals surface area contributed by atoms with Crippen LogP contribution in [0, 0.1) is 13.8 Å². The number of pyridine rings is 2. The van der Waals surface area contributed by atoms with Crippen molar-refractivity contribution in [2.45, 2.75) is 43.5 Å². The minimum Gasteiger partial charge on any atom is -0.390 e. The summed E-state index contributed by atoms with van der Waals surface area (Å²) in [5, 5.41) is 14.8. The molecule has 1 aliphatic heterocycles. The predicted molar refractivity (Wildman–Crippen MR) is 136 cm³/mol. The highest BCUT2D eigenvalue weighted by Crippen LogP contribution is 2.34. The number of β-amino-alcohol motifs (C(OH)–C–C–N with tert-alkyl or cyclic N) is 1. The van der Waals surface area contributed by atoms with E-state index in [0.29, 0.717) is 25.3 Å². The number of alkyl halides is 3. The summed E-state index contributed by atoms with van der Waals surface area (Å²) in [6.07, 6.45) is -1.76. The number of fused-ring (bicyclic) bond motifs is 1. The highest BCUT2D eigenvalue weighted by atomic mass is 32.2. The summed E-state index contributed by atoms with van der Waals surface area (Å²) in [6.45, 7) is 5.28. The zero-order valence-electron chi connectivity index (χ0n) is 19.8. The van der Waals surface area contributed by atoms with Gasteiger partial charge < -0.3 is 15.4 Å². The number of hydrogen-bond acceptors (Lipinski definition) is 6. The van der Waals surface area contributed by atoms with Crippen molar-refractivity contribution in [3.8, 4) is 11.1 Å². The van der Waals surface area contributed by atoms with Crippen molar-refractivity contribution in [3.63, 3.8) is 0 Å². The Morgan fingerprint density at radius 2 is 1.89 bits per heavy atom. The molecule has 0 bridgehead atoms. The van der Waals surface area contributed by atoms with E-state index in [1.807, 2.05) is 19.2 Å². The van der Waals surface area contributed by atoms with E-state index >= 15 is 0 Å². The number of aryl methyl sites for hydroxylation is 2. The molecule has 188 valence electrons. The fraction of sp³-hybridized carbons (Fsp3) is 0.308. The molecular weight excluding hydrogens is 487 g/mol. The van der Waals surface area contributed by atoms with E-state index < -0.39 is 17.8 Å². The molecule has 1 aromatic carbocycles. The average molecular weight is 514 g/mol. The third-order valence-electron chi connectivity index (χ3n) is 6.49. The number of benzene rings is 1. The highest BCUT2D eigenvalue weighted by molar-refractivity contribution is 7.97. The zero-order chi connectivity index (χ0) is 25.4. The fourth-order valence-corrected chi connectivity index (χ4v) is 5.61. The minimum absolute atomic E-state index is 0.282. The third kappa shape index (κ3) is 5.07. The van der Waals surface area contributed by atoms with Crippen LogP contribution in [0.15, 0.2) is 59.8 Å². The smallest absolute Gasteiger partial charge is 0.390 e. The lowest BCUT2D eigenvalue weighted by Crippen LogP contribution is -2.47. The molecule has 0 saturated carbocycles. The summed E-state index contributed by atoms with van der Waals surface area (Å²) >= 11 is 1.58. The van der Waals surface area contributed by atoms with Gasteiger partial charge in [0.2, 0.25) is 0 Å². The SMILES string of the molecule is Cc1nc2[nH]ccc2c(C)c1-c1ccc(SN2CCC(Nc3ccc(C(F)(F)F)cn3)C(O)C2)cc1. The molecule has 5 rings (SSSR count). The largest absolute Gasteiger partial charge is 0.417 e. The van der Waals surface area contributed by atoms with E-state index in [9.17, 15) is 18.3 Å². The Morgan fingerprint density at radius 3 is 2.56 bits per heavy atom. The van der Waals surface area contributed by atoms with E-state index in [0.717, 1.165) is 45.0 Å². The second-order valence-corrected chi connectivity index (χ2v) is 10.1. The summed E-state index contributed by atoms with van der Waals surface area (Å²) in [5.74, 6) is 0.321. The number of H-pyrrole nitrogens is 1. The van der Waals surface area contributed by atoms with Crippen LogP contribution in [-0.4, -0.2) is 49.6 Å². The summed E-state index contributed by atoms with van der Waals surface area (Å²) in [6, 6.07) is 12.4. The lowest BCUT2D eigenvalue weighted by molar-refractivity contribution is -0.137. The molecule has 2 atom stereocenters. The van der Waals surface area contributed by atoms with Crippen LogP contribution in [0.4, 0.5) is 19.0 Å².